The van der Waals surface area contributed by atoms with Gasteiger partial charge in [-0.1, -0.05) is 36.0 Å². The van der Waals surface area contributed by atoms with Crippen LogP contribution in [0.5, 0.6) is 0 Å². The zero-order valence-electron chi connectivity index (χ0n) is 13.5. The fourth-order valence-electron chi connectivity index (χ4n) is 3.29. The molecule has 4 rings (SSSR count). The number of carbonyl (C=O) groups is 1. The molecular weight excluding hydrogens is 320 g/mol. The molecule has 0 radical (unpaired) electrons. The predicted molar refractivity (Wildman–Crippen MR) is 94.8 cm³/mol. The highest BCUT2D eigenvalue weighted by Crippen LogP contribution is 2.47. The minimum Gasteiger partial charge on any atom is -0.372 e. The summed E-state index contributed by atoms with van der Waals surface area (Å²) in [6, 6.07) is 16.2. The highest BCUT2D eigenvalue weighted by molar-refractivity contribution is 7.99. The Hall–Kier alpha value is -1.82. The summed E-state index contributed by atoms with van der Waals surface area (Å²) in [6.07, 6.45) is 2.54. The molecule has 24 heavy (non-hydrogen) atoms. The molecule has 4 nitrogen and oxygen atoms in total. The standard InChI is InChI=1S/C19H20N2O2S/c22-19(13-20-12-14-6-5-11-23-14)21-15-7-1-3-9-17(15)24-18-10-4-2-8-16(18)21/h1-4,7-10,14,20H,5-6,11-13H2/p+1/t14-/m1/s1. The third-order valence-electron chi connectivity index (χ3n) is 4.45. The molecule has 1 fully saturated rings. The van der Waals surface area contributed by atoms with Crippen LogP contribution >= 0.6 is 11.8 Å². The molecule has 0 bridgehead atoms. The lowest BCUT2D eigenvalue weighted by Crippen LogP contribution is -2.88. The van der Waals surface area contributed by atoms with Crippen LogP contribution in [0.4, 0.5) is 11.4 Å². The second kappa shape index (κ2) is 6.97. The SMILES string of the molecule is O=C(C[NH2+]C[C@H]1CCCO1)N1c2ccccc2Sc2ccccc21. The number of para-hydroxylation sites is 2. The Morgan fingerprint density at radius 1 is 1.12 bits per heavy atom. The maximum absolute atomic E-state index is 12.9. The number of hydrogen-bond donors (Lipinski definition) is 1. The lowest BCUT2D eigenvalue weighted by Gasteiger charge is -2.30. The second-order valence-electron chi connectivity index (χ2n) is 6.13. The van der Waals surface area contributed by atoms with Gasteiger partial charge in [-0.2, -0.15) is 0 Å². The number of amides is 1. The maximum atomic E-state index is 12.9. The van der Waals surface area contributed by atoms with Crippen molar-refractivity contribution in [3.8, 4) is 0 Å². The van der Waals surface area contributed by atoms with Crippen LogP contribution in [0.1, 0.15) is 12.8 Å². The summed E-state index contributed by atoms with van der Waals surface area (Å²) in [6.45, 7) is 2.15. The van der Waals surface area contributed by atoms with Gasteiger partial charge in [-0.05, 0) is 37.1 Å². The van der Waals surface area contributed by atoms with Crippen LogP contribution in [0.2, 0.25) is 0 Å². The van der Waals surface area contributed by atoms with E-state index in [4.69, 9.17) is 4.74 Å². The molecule has 1 atom stereocenters. The van der Waals surface area contributed by atoms with Crippen molar-refractivity contribution in [2.75, 3.05) is 24.6 Å². The number of hydrogen-bond acceptors (Lipinski definition) is 3. The van der Waals surface area contributed by atoms with Gasteiger partial charge in [-0.3, -0.25) is 9.69 Å². The van der Waals surface area contributed by atoms with Crippen molar-refractivity contribution in [2.24, 2.45) is 0 Å². The molecule has 2 heterocycles. The second-order valence-corrected chi connectivity index (χ2v) is 7.21. The topological polar surface area (TPSA) is 46.1 Å². The first-order chi connectivity index (χ1) is 11.8. The molecule has 2 aromatic carbocycles. The molecular formula is C19H21N2O2S+. The minimum atomic E-state index is 0.119. The Morgan fingerprint density at radius 2 is 1.79 bits per heavy atom. The Kier molecular flexibility index (Phi) is 4.56. The van der Waals surface area contributed by atoms with Crippen LogP contribution < -0.4 is 10.2 Å². The highest BCUT2D eigenvalue weighted by Gasteiger charge is 2.28. The Bertz CT molecular complexity index is 698. The lowest BCUT2D eigenvalue weighted by molar-refractivity contribution is -0.649. The molecule has 0 aliphatic carbocycles. The van der Waals surface area contributed by atoms with E-state index in [9.17, 15) is 4.79 Å². The van der Waals surface area contributed by atoms with E-state index in [0.29, 0.717) is 12.6 Å². The summed E-state index contributed by atoms with van der Waals surface area (Å²) in [5.74, 6) is 0.119. The van der Waals surface area contributed by atoms with Crippen molar-refractivity contribution in [1.82, 2.24) is 0 Å². The highest BCUT2D eigenvalue weighted by atomic mass is 32.2. The summed E-state index contributed by atoms with van der Waals surface area (Å²) in [5, 5.41) is 2.07. The van der Waals surface area contributed by atoms with E-state index >= 15 is 0 Å². The third-order valence-corrected chi connectivity index (χ3v) is 5.58. The fourth-order valence-corrected chi connectivity index (χ4v) is 4.35. The van der Waals surface area contributed by atoms with E-state index in [1.807, 2.05) is 41.3 Å². The quantitative estimate of drug-likeness (QED) is 0.930. The summed E-state index contributed by atoms with van der Waals surface area (Å²) in [5.41, 5.74) is 1.97. The van der Waals surface area contributed by atoms with E-state index in [1.165, 1.54) is 0 Å². The molecule has 0 aromatic heterocycles. The van der Waals surface area contributed by atoms with Gasteiger partial charge >= 0.3 is 0 Å². The molecule has 2 N–H and O–H groups in total. The van der Waals surface area contributed by atoms with E-state index in [2.05, 4.69) is 17.4 Å². The van der Waals surface area contributed by atoms with E-state index in [0.717, 1.165) is 47.2 Å². The zero-order chi connectivity index (χ0) is 16.4. The number of nitrogens with zero attached hydrogens (tertiary/aromatic N) is 1. The van der Waals surface area contributed by atoms with Crippen molar-refractivity contribution in [1.29, 1.82) is 0 Å². The fraction of sp³-hybridized carbons (Fsp3) is 0.316. The Morgan fingerprint density at radius 3 is 2.42 bits per heavy atom. The van der Waals surface area contributed by atoms with Crippen molar-refractivity contribution in [3.05, 3.63) is 48.5 Å². The number of quaternary nitrogens is 1. The summed E-state index contributed by atoms with van der Waals surface area (Å²) >= 11 is 1.72. The summed E-state index contributed by atoms with van der Waals surface area (Å²) in [7, 11) is 0. The van der Waals surface area contributed by atoms with E-state index in [-0.39, 0.29) is 5.91 Å². The number of anilines is 2. The molecule has 124 valence electrons. The van der Waals surface area contributed by atoms with E-state index < -0.39 is 0 Å². The molecule has 1 amide bonds. The first kappa shape index (κ1) is 15.7. The normalized spacial score (nSPS) is 19.0. The van der Waals surface area contributed by atoms with Crippen LogP contribution in [0.15, 0.2) is 58.3 Å². The van der Waals surface area contributed by atoms with Crippen molar-refractivity contribution in [3.63, 3.8) is 0 Å². The van der Waals surface area contributed by atoms with Gasteiger partial charge < -0.3 is 10.1 Å². The molecule has 5 heteroatoms. The molecule has 2 aromatic rings. The molecule has 2 aliphatic heterocycles. The van der Waals surface area contributed by atoms with Crippen molar-refractivity contribution < 1.29 is 14.8 Å². The molecule has 2 aliphatic rings. The van der Waals surface area contributed by atoms with Crippen LogP contribution in [0.25, 0.3) is 0 Å². The maximum Gasteiger partial charge on any atom is 0.286 e. The monoisotopic (exact) mass is 341 g/mol. The van der Waals surface area contributed by atoms with Gasteiger partial charge in [-0.15, -0.1) is 0 Å². The average molecular weight is 341 g/mol. The smallest absolute Gasteiger partial charge is 0.286 e. The molecule has 0 unspecified atom stereocenters. The third kappa shape index (κ3) is 3.07. The van der Waals surface area contributed by atoms with Gasteiger partial charge in [-0.25, -0.2) is 0 Å². The van der Waals surface area contributed by atoms with Gasteiger partial charge in [0.25, 0.3) is 5.91 Å². The Balaban J connectivity index is 1.54. The predicted octanol–water partition coefficient (Wildman–Crippen LogP) is 2.56. The van der Waals surface area contributed by atoms with Crippen LogP contribution in [0.3, 0.4) is 0 Å². The largest absolute Gasteiger partial charge is 0.372 e. The number of fused-ring (bicyclic) bond motifs is 2. The summed E-state index contributed by atoms with van der Waals surface area (Å²) in [4.78, 5) is 17.1. The Labute approximate surface area is 146 Å². The number of benzene rings is 2. The first-order valence-electron chi connectivity index (χ1n) is 8.45. The van der Waals surface area contributed by atoms with Crippen molar-refractivity contribution >= 4 is 29.0 Å². The average Bonchev–Trinajstić information content (AvgIpc) is 3.13. The number of ether oxygens (including phenoxy) is 1. The van der Waals surface area contributed by atoms with Crippen LogP contribution in [-0.2, 0) is 9.53 Å². The van der Waals surface area contributed by atoms with Gasteiger partial charge in [0, 0.05) is 16.4 Å². The number of carbonyl (C=O) groups excluding carboxylic acids is 1. The molecule has 0 spiro atoms. The van der Waals surface area contributed by atoms with Crippen LogP contribution in [-0.4, -0.2) is 31.7 Å². The summed E-state index contributed by atoms with van der Waals surface area (Å²) < 4.78 is 5.63. The van der Waals surface area contributed by atoms with Gasteiger partial charge in [0.05, 0.1) is 11.4 Å². The van der Waals surface area contributed by atoms with Gasteiger partial charge in [0.2, 0.25) is 0 Å². The lowest BCUT2D eigenvalue weighted by atomic mass is 10.2. The van der Waals surface area contributed by atoms with Crippen molar-refractivity contribution in [2.45, 2.75) is 28.7 Å². The first-order valence-corrected chi connectivity index (χ1v) is 9.27. The molecule has 0 saturated carbocycles. The number of rotatable bonds is 4. The zero-order valence-corrected chi connectivity index (χ0v) is 14.3. The molecule has 1 saturated heterocycles. The number of nitrogens with two attached hydrogens (primary N) is 1. The minimum absolute atomic E-state index is 0.119. The van der Waals surface area contributed by atoms with Gasteiger partial charge in [0.15, 0.2) is 6.54 Å². The van der Waals surface area contributed by atoms with Gasteiger partial charge in [0.1, 0.15) is 12.6 Å². The van der Waals surface area contributed by atoms with Crippen LogP contribution in [0, 0.1) is 0 Å². The van der Waals surface area contributed by atoms with E-state index in [1.54, 1.807) is 11.8 Å².